The molecule has 2 N–H and O–H groups in total. The van der Waals surface area contributed by atoms with Gasteiger partial charge in [0, 0.05) is 17.2 Å². The number of hydrogen-bond donors (Lipinski definition) is 1. The van der Waals surface area contributed by atoms with E-state index < -0.39 is 0 Å². The third-order valence-corrected chi connectivity index (χ3v) is 3.60. The van der Waals surface area contributed by atoms with Crippen LogP contribution in [-0.4, -0.2) is 10.1 Å². The van der Waals surface area contributed by atoms with Crippen molar-refractivity contribution in [2.45, 2.75) is 0 Å². The Labute approximate surface area is 127 Å². The summed E-state index contributed by atoms with van der Waals surface area (Å²) >= 11 is 0. The third kappa shape index (κ3) is 2.02. The van der Waals surface area contributed by atoms with E-state index in [-0.39, 0.29) is 0 Å². The number of pyridine rings is 1. The summed E-state index contributed by atoms with van der Waals surface area (Å²) in [4.78, 5) is 4.51. The molecule has 2 heterocycles. The number of hydrogen-bond acceptors (Lipinski definition) is 4. The van der Waals surface area contributed by atoms with E-state index in [9.17, 15) is 0 Å². The topological polar surface area (TPSA) is 64.9 Å². The normalized spacial score (nSPS) is 10.9. The molecule has 22 heavy (non-hydrogen) atoms. The van der Waals surface area contributed by atoms with Crippen LogP contribution >= 0.6 is 0 Å². The molecule has 0 spiro atoms. The van der Waals surface area contributed by atoms with Gasteiger partial charge in [0.2, 0.25) is 0 Å². The number of anilines is 1. The van der Waals surface area contributed by atoms with Crippen LogP contribution in [0.25, 0.3) is 33.5 Å². The lowest BCUT2D eigenvalue weighted by Crippen LogP contribution is -1.94. The zero-order chi connectivity index (χ0) is 14.9. The van der Waals surface area contributed by atoms with Gasteiger partial charge >= 0.3 is 0 Å². The molecule has 106 valence electrons. The summed E-state index contributed by atoms with van der Waals surface area (Å²) in [6.45, 7) is 0. The first kappa shape index (κ1) is 12.6. The first-order valence-electron chi connectivity index (χ1n) is 6.99. The lowest BCUT2D eigenvalue weighted by molar-refractivity contribution is 0.459. The molecule has 2 aromatic carbocycles. The van der Waals surface area contributed by atoms with Crippen LogP contribution < -0.4 is 5.73 Å². The molecule has 0 saturated heterocycles. The number of aromatic nitrogens is 2. The lowest BCUT2D eigenvalue weighted by atomic mass is 10.1. The molecule has 2 aromatic heterocycles. The Balaban J connectivity index is 1.92. The molecule has 0 radical (unpaired) electrons. The maximum Gasteiger partial charge on any atom is 0.173 e. The van der Waals surface area contributed by atoms with Crippen molar-refractivity contribution in [2.24, 2.45) is 0 Å². The highest BCUT2D eigenvalue weighted by atomic mass is 16.5. The molecule has 4 aromatic rings. The second-order valence-electron chi connectivity index (χ2n) is 5.03. The molecule has 0 atom stereocenters. The number of fused-ring (bicyclic) bond motifs is 1. The second-order valence-corrected chi connectivity index (χ2v) is 5.03. The van der Waals surface area contributed by atoms with Gasteiger partial charge < -0.3 is 10.3 Å². The molecule has 0 aliphatic heterocycles. The second kappa shape index (κ2) is 5.00. The zero-order valence-electron chi connectivity index (χ0n) is 11.7. The van der Waals surface area contributed by atoms with Gasteiger partial charge in [-0.25, -0.2) is 4.98 Å². The molecule has 4 rings (SSSR count). The summed E-state index contributed by atoms with van der Waals surface area (Å²) in [7, 11) is 0. The molecule has 4 heteroatoms. The average Bonchev–Trinajstić information content (AvgIpc) is 3.01. The maximum atomic E-state index is 6.17. The van der Waals surface area contributed by atoms with E-state index in [1.54, 1.807) is 0 Å². The highest BCUT2D eigenvalue weighted by Gasteiger charge is 2.16. The summed E-state index contributed by atoms with van der Waals surface area (Å²) in [5.74, 6) is 0.427. The predicted octanol–water partition coefficient (Wildman–Crippen LogP) is 4.14. The number of rotatable bonds is 2. The van der Waals surface area contributed by atoms with Crippen molar-refractivity contribution in [1.29, 1.82) is 0 Å². The van der Waals surface area contributed by atoms with E-state index in [2.05, 4.69) is 10.1 Å². The van der Waals surface area contributed by atoms with E-state index in [0.29, 0.717) is 11.4 Å². The van der Waals surface area contributed by atoms with Crippen LogP contribution in [0.15, 0.2) is 71.3 Å². The molecule has 4 nitrogen and oxygen atoms in total. The minimum absolute atomic E-state index is 0.427. The van der Waals surface area contributed by atoms with Crippen LogP contribution in [0.4, 0.5) is 5.82 Å². The van der Waals surface area contributed by atoms with Gasteiger partial charge in [0.15, 0.2) is 5.58 Å². The fourth-order valence-electron chi connectivity index (χ4n) is 2.54. The van der Waals surface area contributed by atoms with Gasteiger partial charge in [0.05, 0.1) is 11.1 Å². The Hall–Kier alpha value is -3.14. The maximum absolute atomic E-state index is 6.17. The summed E-state index contributed by atoms with van der Waals surface area (Å²) in [5, 5.41) is 4.92. The van der Waals surface area contributed by atoms with E-state index in [1.807, 2.05) is 66.7 Å². The molecule has 0 unspecified atom stereocenters. The van der Waals surface area contributed by atoms with Gasteiger partial charge in [-0.3, -0.25) is 0 Å². The Morgan fingerprint density at radius 1 is 0.818 bits per heavy atom. The van der Waals surface area contributed by atoms with Crippen molar-refractivity contribution < 1.29 is 4.52 Å². The van der Waals surface area contributed by atoms with Crippen LogP contribution in [0.3, 0.4) is 0 Å². The summed E-state index contributed by atoms with van der Waals surface area (Å²) in [6, 6.07) is 21.6. The van der Waals surface area contributed by atoms with Crippen molar-refractivity contribution in [3.8, 4) is 22.5 Å². The molecule has 0 saturated carbocycles. The quantitative estimate of drug-likeness (QED) is 0.601. The number of nitrogens with zero attached hydrogens (tertiary/aromatic N) is 2. The van der Waals surface area contributed by atoms with Gasteiger partial charge in [-0.05, 0) is 0 Å². The molecule has 0 amide bonds. The lowest BCUT2D eigenvalue weighted by Gasteiger charge is -2.03. The number of nitrogens with two attached hydrogens (primary N) is 1. The first-order chi connectivity index (χ1) is 10.8. The largest absolute Gasteiger partial charge is 0.383 e. The average molecular weight is 287 g/mol. The molecular formula is C18H13N3O. The van der Waals surface area contributed by atoms with Crippen molar-refractivity contribution >= 4 is 16.8 Å². The van der Waals surface area contributed by atoms with E-state index in [4.69, 9.17) is 10.3 Å². The molecule has 0 aliphatic carbocycles. The highest BCUT2D eigenvalue weighted by Crippen LogP contribution is 2.33. The standard InChI is InChI=1S/C18H13N3O/c19-18-16-15(11-14(20-18)12-7-3-1-4-8-12)22-21-17(16)13-9-5-2-6-10-13/h1-11H,(H2,19,20). The molecule has 0 aliphatic rings. The first-order valence-corrected chi connectivity index (χ1v) is 6.99. The molecule has 0 bridgehead atoms. The Morgan fingerprint density at radius 3 is 2.14 bits per heavy atom. The van der Waals surface area contributed by atoms with Crippen LogP contribution in [0, 0.1) is 0 Å². The van der Waals surface area contributed by atoms with E-state index >= 15 is 0 Å². The monoisotopic (exact) mass is 287 g/mol. The smallest absolute Gasteiger partial charge is 0.173 e. The fourth-order valence-corrected chi connectivity index (χ4v) is 2.54. The van der Waals surface area contributed by atoms with Crippen molar-refractivity contribution in [3.63, 3.8) is 0 Å². The van der Waals surface area contributed by atoms with Crippen LogP contribution in [0.5, 0.6) is 0 Å². The van der Waals surface area contributed by atoms with Gasteiger partial charge in [-0.1, -0.05) is 65.8 Å². The van der Waals surface area contributed by atoms with Crippen LogP contribution in [0.1, 0.15) is 0 Å². The van der Waals surface area contributed by atoms with Crippen molar-refractivity contribution in [2.75, 3.05) is 5.73 Å². The Kier molecular flexibility index (Phi) is 2.86. The predicted molar refractivity (Wildman–Crippen MR) is 87.1 cm³/mol. The minimum atomic E-state index is 0.427. The van der Waals surface area contributed by atoms with E-state index in [1.165, 1.54) is 0 Å². The van der Waals surface area contributed by atoms with Gasteiger partial charge in [0.25, 0.3) is 0 Å². The summed E-state index contributed by atoms with van der Waals surface area (Å²) in [5.41, 5.74) is 10.3. The van der Waals surface area contributed by atoms with Crippen molar-refractivity contribution in [3.05, 3.63) is 66.7 Å². The SMILES string of the molecule is Nc1nc(-c2ccccc2)cc2onc(-c3ccccc3)c12. The molecular weight excluding hydrogens is 274 g/mol. The zero-order valence-corrected chi connectivity index (χ0v) is 11.7. The molecule has 0 fully saturated rings. The van der Waals surface area contributed by atoms with E-state index in [0.717, 1.165) is 27.9 Å². The fraction of sp³-hybridized carbons (Fsp3) is 0. The van der Waals surface area contributed by atoms with Gasteiger partial charge in [-0.15, -0.1) is 0 Å². The van der Waals surface area contributed by atoms with Crippen molar-refractivity contribution in [1.82, 2.24) is 10.1 Å². The van der Waals surface area contributed by atoms with Gasteiger partial charge in [-0.2, -0.15) is 0 Å². The van der Waals surface area contributed by atoms with Crippen LogP contribution in [0.2, 0.25) is 0 Å². The van der Waals surface area contributed by atoms with Crippen LogP contribution in [-0.2, 0) is 0 Å². The Morgan fingerprint density at radius 2 is 1.45 bits per heavy atom. The summed E-state index contributed by atoms with van der Waals surface area (Å²) < 4.78 is 5.48. The summed E-state index contributed by atoms with van der Waals surface area (Å²) in [6.07, 6.45) is 0. The minimum Gasteiger partial charge on any atom is -0.383 e. The van der Waals surface area contributed by atoms with Gasteiger partial charge in [0.1, 0.15) is 11.5 Å². The number of benzene rings is 2. The Bertz CT molecular complexity index is 931. The highest BCUT2D eigenvalue weighted by molar-refractivity contribution is 6.00. The number of nitrogen functional groups attached to an aromatic ring is 1. The third-order valence-electron chi connectivity index (χ3n) is 3.60.